The van der Waals surface area contributed by atoms with Crippen molar-refractivity contribution in [2.75, 3.05) is 24.4 Å². The first-order valence-electron chi connectivity index (χ1n) is 12.9. The van der Waals surface area contributed by atoms with Gasteiger partial charge in [0.15, 0.2) is 23.1 Å². The van der Waals surface area contributed by atoms with E-state index in [1.54, 1.807) is 18.2 Å². The number of esters is 1. The zero-order valence-electron chi connectivity index (χ0n) is 23.5. The molecule has 2 aromatic heterocycles. The minimum absolute atomic E-state index is 0.0102. The number of carbonyl (C=O) groups excluding carboxylic acids is 4. The van der Waals surface area contributed by atoms with Crippen LogP contribution < -0.4 is 26.0 Å². The summed E-state index contributed by atoms with van der Waals surface area (Å²) in [5.74, 6) is -1.77. The molecule has 0 saturated heterocycles. The third-order valence-corrected chi connectivity index (χ3v) is 5.84. The van der Waals surface area contributed by atoms with Gasteiger partial charge in [-0.2, -0.15) is 4.98 Å². The van der Waals surface area contributed by atoms with Gasteiger partial charge in [-0.1, -0.05) is 16.5 Å². The van der Waals surface area contributed by atoms with Crippen molar-refractivity contribution in [1.29, 1.82) is 0 Å². The molecule has 3 aromatic rings. The zero-order chi connectivity index (χ0) is 31.3. The van der Waals surface area contributed by atoms with Gasteiger partial charge in [0.1, 0.15) is 12.6 Å². The van der Waals surface area contributed by atoms with Crippen molar-refractivity contribution in [3.05, 3.63) is 35.8 Å². The van der Waals surface area contributed by atoms with Crippen molar-refractivity contribution >= 4 is 64.4 Å². The Hall–Kier alpha value is -4.89. The first-order chi connectivity index (χ1) is 20.3. The number of carbonyl (C=O) groups is 4. The Morgan fingerprint density at radius 1 is 1.12 bits per heavy atom. The lowest BCUT2D eigenvalue weighted by atomic mass is 9.49. The van der Waals surface area contributed by atoms with E-state index in [9.17, 15) is 19.2 Å². The highest BCUT2D eigenvalue weighted by Gasteiger charge is 2.30. The topological polar surface area (TPSA) is 200 Å². The molecule has 1 atom stereocenters. The van der Waals surface area contributed by atoms with Crippen LogP contribution in [-0.4, -0.2) is 86.5 Å². The molecular weight excluding hydrogens is 557 g/mol. The van der Waals surface area contributed by atoms with E-state index in [-0.39, 0.29) is 53.1 Å². The molecule has 0 unspecified atom stereocenters. The van der Waals surface area contributed by atoms with Crippen LogP contribution in [0.2, 0.25) is 0 Å². The van der Waals surface area contributed by atoms with E-state index < -0.39 is 29.1 Å². The van der Waals surface area contributed by atoms with Crippen LogP contribution in [0.25, 0.3) is 11.5 Å². The van der Waals surface area contributed by atoms with E-state index in [1.165, 1.54) is 27.0 Å². The Labute approximate surface area is 249 Å². The predicted molar refractivity (Wildman–Crippen MR) is 154 cm³/mol. The van der Waals surface area contributed by atoms with Gasteiger partial charge in [0.25, 0.3) is 11.8 Å². The predicted octanol–water partition coefficient (Wildman–Crippen LogP) is 0.214. The Kier molecular flexibility index (Phi) is 9.36. The van der Waals surface area contributed by atoms with Gasteiger partial charge in [-0.3, -0.25) is 19.2 Å². The number of hydrogen-bond donors (Lipinski definition) is 4. The summed E-state index contributed by atoms with van der Waals surface area (Å²) in [6.45, 7) is 2.30. The van der Waals surface area contributed by atoms with Crippen molar-refractivity contribution in [3.8, 4) is 17.2 Å². The van der Waals surface area contributed by atoms with E-state index in [1.807, 2.05) is 0 Å². The Bertz CT molecular complexity index is 1540. The van der Waals surface area contributed by atoms with E-state index in [2.05, 4.69) is 41.6 Å². The number of nitrogens with zero attached hydrogens (tertiary/aromatic N) is 4. The number of hydrogen-bond acceptors (Lipinski definition) is 12. The molecule has 1 aromatic carbocycles. The quantitative estimate of drug-likeness (QED) is 0.168. The molecule has 6 radical (unpaired) electrons. The van der Waals surface area contributed by atoms with Gasteiger partial charge < -0.3 is 35.3 Å². The number of ether oxygens (including phenoxy) is 2. The number of methoxy groups -OCH3 is 1. The maximum Gasteiger partial charge on any atom is 0.302 e. The summed E-state index contributed by atoms with van der Waals surface area (Å²) in [5.41, 5.74) is 0.502. The second kappa shape index (κ2) is 13.0. The lowest BCUT2D eigenvalue weighted by Gasteiger charge is -2.23. The molecule has 4 rings (SSSR count). The second-order valence-corrected chi connectivity index (χ2v) is 9.67. The maximum absolute atomic E-state index is 12.9. The van der Waals surface area contributed by atoms with Crippen LogP contribution in [0.5, 0.6) is 5.75 Å². The number of nitrogens with one attached hydrogen (secondary N) is 4. The van der Waals surface area contributed by atoms with Gasteiger partial charge in [-0.05, 0) is 25.0 Å². The zero-order valence-corrected chi connectivity index (χ0v) is 23.5. The molecule has 18 heteroatoms. The fourth-order valence-electron chi connectivity index (χ4n) is 3.83. The lowest BCUT2D eigenvalue weighted by Crippen LogP contribution is -2.50. The molecule has 43 heavy (non-hydrogen) atoms. The van der Waals surface area contributed by atoms with Crippen LogP contribution in [0.3, 0.4) is 0 Å². The van der Waals surface area contributed by atoms with E-state index in [0.717, 1.165) is 12.8 Å². The highest BCUT2D eigenvalue weighted by molar-refractivity contribution is 6.60. The minimum Gasteiger partial charge on any atom is -0.494 e. The van der Waals surface area contributed by atoms with Gasteiger partial charge >= 0.3 is 5.97 Å². The number of rotatable bonds is 12. The lowest BCUT2D eigenvalue weighted by molar-refractivity contribution is -0.142. The summed E-state index contributed by atoms with van der Waals surface area (Å²) in [6.07, 6.45) is 1.54. The Morgan fingerprint density at radius 2 is 1.86 bits per heavy atom. The third kappa shape index (κ3) is 8.33. The smallest absolute Gasteiger partial charge is 0.302 e. The number of benzene rings is 1. The number of anilines is 3. The van der Waals surface area contributed by atoms with Crippen molar-refractivity contribution in [2.45, 2.75) is 38.0 Å². The molecule has 0 aliphatic heterocycles. The Balaban J connectivity index is 1.68. The van der Waals surface area contributed by atoms with Gasteiger partial charge in [0.2, 0.25) is 11.8 Å². The first-order valence-corrected chi connectivity index (χ1v) is 12.9. The molecule has 0 spiro atoms. The SMILES string of the molecule is [B]C([B])([B])NC(=O)c1nnc(NC(=O)C2CC2)cc1Nc1cccc(-c2nc([C@H](COC(C)=O)NC(C)=O)no2)c1OC. The van der Waals surface area contributed by atoms with Crippen molar-refractivity contribution in [1.82, 2.24) is 31.0 Å². The van der Waals surface area contributed by atoms with Crippen molar-refractivity contribution < 1.29 is 33.2 Å². The van der Waals surface area contributed by atoms with Crippen LogP contribution in [0, 0.1) is 5.92 Å². The second-order valence-electron chi connectivity index (χ2n) is 9.67. The molecule has 2 heterocycles. The molecule has 0 bridgehead atoms. The summed E-state index contributed by atoms with van der Waals surface area (Å²) in [7, 11) is 18.0. The van der Waals surface area contributed by atoms with E-state index in [0.29, 0.717) is 11.3 Å². The Morgan fingerprint density at radius 3 is 2.49 bits per heavy atom. The van der Waals surface area contributed by atoms with Crippen LogP contribution in [0.15, 0.2) is 28.8 Å². The van der Waals surface area contributed by atoms with Gasteiger partial charge in [0.05, 0.1) is 47.6 Å². The molecule has 1 aliphatic carbocycles. The van der Waals surface area contributed by atoms with Crippen LogP contribution >= 0.6 is 0 Å². The normalized spacial score (nSPS) is 13.4. The number of aromatic nitrogens is 4. The largest absolute Gasteiger partial charge is 0.494 e. The summed E-state index contributed by atoms with van der Waals surface area (Å²) in [6, 6.07) is 5.43. The maximum atomic E-state index is 12.9. The molecule has 216 valence electrons. The summed E-state index contributed by atoms with van der Waals surface area (Å²) in [4.78, 5) is 52.6. The fourth-order valence-corrected chi connectivity index (χ4v) is 3.83. The summed E-state index contributed by atoms with van der Waals surface area (Å²) >= 11 is 0. The van der Waals surface area contributed by atoms with Crippen LogP contribution in [-0.2, 0) is 19.1 Å². The van der Waals surface area contributed by atoms with Gasteiger partial charge in [-0.25, -0.2) is 0 Å². The number of para-hydroxylation sites is 1. The highest BCUT2D eigenvalue weighted by Crippen LogP contribution is 2.38. The third-order valence-electron chi connectivity index (χ3n) is 5.84. The van der Waals surface area contributed by atoms with E-state index >= 15 is 0 Å². The molecule has 15 nitrogen and oxygen atoms in total. The molecule has 1 fully saturated rings. The summed E-state index contributed by atoms with van der Waals surface area (Å²) < 4.78 is 16.1. The molecule has 3 amide bonds. The molecule has 4 N–H and O–H groups in total. The standard InChI is InChI=1S/C25H25B3N8O7/c1-11(37)29-17(10-42-12(2)38)21-32-24(43-36-21)14-5-4-6-15(20(14)41-3)30-16-9-18(31-22(39)13-7-8-13)34-35-19(16)23(40)33-25(26,27)28/h4-6,9,13,17H,7-8,10H2,1-3H3,(H,29,37)(H,33,40)(H2,30,31,34,39)/t17-/m0/s1. The molecule has 1 aliphatic rings. The van der Waals surface area contributed by atoms with Crippen LogP contribution in [0.4, 0.5) is 17.2 Å². The highest BCUT2D eigenvalue weighted by atomic mass is 16.5. The average Bonchev–Trinajstić information content (AvgIpc) is 3.67. The molecule has 1 saturated carbocycles. The van der Waals surface area contributed by atoms with Crippen molar-refractivity contribution in [2.24, 2.45) is 5.92 Å². The van der Waals surface area contributed by atoms with Crippen molar-refractivity contribution in [3.63, 3.8) is 0 Å². The van der Waals surface area contributed by atoms with Crippen LogP contribution in [0.1, 0.15) is 49.0 Å². The minimum atomic E-state index is -2.05. The number of amides is 3. The van der Waals surface area contributed by atoms with Gasteiger partial charge in [0, 0.05) is 25.8 Å². The fraction of sp³-hybridized carbons (Fsp3) is 0.360. The van der Waals surface area contributed by atoms with E-state index in [4.69, 9.17) is 37.5 Å². The summed E-state index contributed by atoms with van der Waals surface area (Å²) in [5, 5.41) is 20.3. The average molecular weight is 582 g/mol. The first kappa shape index (κ1) is 31.1. The monoisotopic (exact) mass is 582 g/mol. The molecular formula is C25H25B3N8O7. The van der Waals surface area contributed by atoms with Gasteiger partial charge in [-0.15, -0.1) is 10.2 Å².